The van der Waals surface area contributed by atoms with Crippen LogP contribution in [0.15, 0.2) is 60.7 Å². The largest absolute Gasteiger partial charge is 0.480 e. The second-order valence-corrected chi connectivity index (χ2v) is 7.22. The molecule has 31 heavy (non-hydrogen) atoms. The molecule has 1 aliphatic rings. The van der Waals surface area contributed by atoms with Gasteiger partial charge in [0.1, 0.15) is 18.2 Å². The number of carboxylic acid groups (broad SMARTS) is 1. The number of carboxylic acids is 1. The fourth-order valence-corrected chi connectivity index (χ4v) is 3.61. The van der Waals surface area contributed by atoms with Crippen LogP contribution in [0.25, 0.3) is 0 Å². The van der Waals surface area contributed by atoms with Crippen LogP contribution in [-0.4, -0.2) is 66.8 Å². The van der Waals surface area contributed by atoms with E-state index in [0.29, 0.717) is 0 Å². The van der Waals surface area contributed by atoms with Crippen molar-refractivity contribution < 1.29 is 23.4 Å². The van der Waals surface area contributed by atoms with Crippen LogP contribution in [0.2, 0.25) is 0 Å². The Kier molecular flexibility index (Phi) is 10.1. The lowest BCUT2D eigenvalue weighted by Crippen LogP contribution is -2.47. The average molecular weight is 453 g/mol. The molecule has 0 amide bonds. The van der Waals surface area contributed by atoms with Crippen molar-refractivity contribution in [1.82, 2.24) is 9.80 Å². The second kappa shape index (κ2) is 12.5. The molecule has 1 fully saturated rings. The quantitative estimate of drug-likeness (QED) is 0.464. The predicted molar refractivity (Wildman–Crippen MR) is 117 cm³/mol. The van der Waals surface area contributed by atoms with Gasteiger partial charge in [-0.15, -0.1) is 12.4 Å². The standard InChI is InChI=1S/C23H26F2N2O3.ClH/c24-20-7-3-18(4-8-20)23(19-5-9-21(25)10-6-19)27-14-12-26(13-15-27)11-1-2-16-30-17-22(28)29;/h1-10,23H,11-17H2,(H,28,29);1H/b2-1+;. The molecule has 1 N–H and O–H groups in total. The SMILES string of the molecule is Cl.O=C(O)COC/C=C/CN1CCN(C(c2ccc(F)cc2)c2ccc(F)cc2)CC1. The number of aliphatic carboxylic acids is 1. The Morgan fingerprint density at radius 3 is 1.94 bits per heavy atom. The van der Waals surface area contributed by atoms with Crippen molar-refractivity contribution in [1.29, 1.82) is 0 Å². The van der Waals surface area contributed by atoms with Crippen LogP contribution in [0.1, 0.15) is 17.2 Å². The van der Waals surface area contributed by atoms with Gasteiger partial charge in [-0.2, -0.15) is 0 Å². The number of piperazine rings is 1. The first-order valence-electron chi connectivity index (χ1n) is 9.95. The summed E-state index contributed by atoms with van der Waals surface area (Å²) in [7, 11) is 0. The van der Waals surface area contributed by atoms with Gasteiger partial charge in [-0.25, -0.2) is 13.6 Å². The number of benzene rings is 2. The van der Waals surface area contributed by atoms with E-state index in [4.69, 9.17) is 9.84 Å². The summed E-state index contributed by atoms with van der Waals surface area (Å²) in [6, 6.07) is 12.9. The van der Waals surface area contributed by atoms with Gasteiger partial charge in [0.15, 0.2) is 0 Å². The van der Waals surface area contributed by atoms with Crippen molar-refractivity contribution in [3.63, 3.8) is 0 Å². The summed E-state index contributed by atoms with van der Waals surface area (Å²) in [5.41, 5.74) is 1.96. The van der Waals surface area contributed by atoms with Crippen LogP contribution in [0, 0.1) is 11.6 Å². The van der Waals surface area contributed by atoms with E-state index in [1.54, 1.807) is 24.3 Å². The number of rotatable bonds is 9. The maximum atomic E-state index is 13.4. The molecule has 5 nitrogen and oxygen atoms in total. The summed E-state index contributed by atoms with van der Waals surface area (Å²) in [5.74, 6) is -1.53. The number of halogens is 3. The molecule has 3 rings (SSSR count). The number of carbonyl (C=O) groups is 1. The van der Waals surface area contributed by atoms with Crippen LogP contribution < -0.4 is 0 Å². The Morgan fingerprint density at radius 2 is 1.45 bits per heavy atom. The summed E-state index contributed by atoms with van der Waals surface area (Å²) in [5, 5.41) is 8.54. The Labute approximate surface area is 187 Å². The van der Waals surface area contributed by atoms with E-state index < -0.39 is 5.97 Å². The lowest BCUT2D eigenvalue weighted by Gasteiger charge is -2.39. The van der Waals surface area contributed by atoms with Gasteiger partial charge in [0.25, 0.3) is 0 Å². The molecule has 0 aromatic heterocycles. The van der Waals surface area contributed by atoms with Gasteiger partial charge in [0, 0.05) is 32.7 Å². The minimum atomic E-state index is -0.976. The molecule has 1 heterocycles. The van der Waals surface area contributed by atoms with Gasteiger partial charge in [0.05, 0.1) is 12.6 Å². The zero-order valence-corrected chi connectivity index (χ0v) is 17.9. The molecule has 0 atom stereocenters. The number of hydrogen-bond acceptors (Lipinski definition) is 4. The molecule has 0 spiro atoms. The van der Waals surface area contributed by atoms with Gasteiger partial charge >= 0.3 is 5.97 Å². The van der Waals surface area contributed by atoms with Crippen molar-refractivity contribution in [3.8, 4) is 0 Å². The van der Waals surface area contributed by atoms with E-state index >= 15 is 0 Å². The van der Waals surface area contributed by atoms with Crippen molar-refractivity contribution in [3.05, 3.63) is 83.4 Å². The van der Waals surface area contributed by atoms with Crippen molar-refractivity contribution in [2.24, 2.45) is 0 Å². The van der Waals surface area contributed by atoms with Gasteiger partial charge in [-0.05, 0) is 35.4 Å². The van der Waals surface area contributed by atoms with Gasteiger partial charge < -0.3 is 9.84 Å². The van der Waals surface area contributed by atoms with Gasteiger partial charge in [-0.3, -0.25) is 9.80 Å². The van der Waals surface area contributed by atoms with Crippen LogP contribution in [0.5, 0.6) is 0 Å². The monoisotopic (exact) mass is 452 g/mol. The molecule has 1 aliphatic heterocycles. The molecule has 2 aromatic carbocycles. The molecule has 0 unspecified atom stereocenters. The highest BCUT2D eigenvalue weighted by molar-refractivity contribution is 5.85. The highest BCUT2D eigenvalue weighted by Gasteiger charge is 2.26. The summed E-state index contributed by atoms with van der Waals surface area (Å²) in [6.07, 6.45) is 3.81. The topological polar surface area (TPSA) is 53.0 Å². The van der Waals surface area contributed by atoms with E-state index in [2.05, 4.69) is 9.80 Å². The number of hydrogen-bond donors (Lipinski definition) is 1. The fourth-order valence-electron chi connectivity index (χ4n) is 3.61. The van der Waals surface area contributed by atoms with Crippen LogP contribution in [0.4, 0.5) is 8.78 Å². The summed E-state index contributed by atoms with van der Waals surface area (Å²) < 4.78 is 31.8. The molecule has 0 saturated carbocycles. The van der Waals surface area contributed by atoms with Gasteiger partial charge in [-0.1, -0.05) is 36.4 Å². The third kappa shape index (κ3) is 7.70. The molecule has 0 bridgehead atoms. The first-order chi connectivity index (χ1) is 14.5. The summed E-state index contributed by atoms with van der Waals surface area (Å²) in [4.78, 5) is 15.0. The minimum absolute atomic E-state index is 0. The molecular weight excluding hydrogens is 426 g/mol. The number of nitrogens with zero attached hydrogens (tertiary/aromatic N) is 2. The Balaban J connectivity index is 0.00000341. The lowest BCUT2D eigenvalue weighted by molar-refractivity contribution is -0.141. The zero-order valence-electron chi connectivity index (χ0n) is 17.1. The maximum absolute atomic E-state index is 13.4. The van der Waals surface area contributed by atoms with Crippen molar-refractivity contribution in [2.45, 2.75) is 6.04 Å². The summed E-state index contributed by atoms with van der Waals surface area (Å²) >= 11 is 0. The Morgan fingerprint density at radius 1 is 0.935 bits per heavy atom. The van der Waals surface area contributed by atoms with E-state index in [1.807, 2.05) is 12.2 Å². The van der Waals surface area contributed by atoms with E-state index in [-0.39, 0.29) is 43.3 Å². The van der Waals surface area contributed by atoms with Crippen LogP contribution >= 0.6 is 12.4 Å². The van der Waals surface area contributed by atoms with Gasteiger partial charge in [0.2, 0.25) is 0 Å². The molecule has 8 heteroatoms. The number of ether oxygens (including phenoxy) is 1. The zero-order chi connectivity index (χ0) is 21.3. The Hall–Kier alpha value is -2.32. The normalized spacial score (nSPS) is 15.3. The molecule has 168 valence electrons. The van der Waals surface area contributed by atoms with E-state index in [9.17, 15) is 13.6 Å². The van der Waals surface area contributed by atoms with Crippen molar-refractivity contribution in [2.75, 3.05) is 45.9 Å². The molecule has 0 radical (unpaired) electrons. The molecular formula is C23H27ClF2N2O3. The molecule has 1 saturated heterocycles. The van der Waals surface area contributed by atoms with Crippen molar-refractivity contribution >= 4 is 18.4 Å². The first kappa shape index (κ1) is 24.9. The predicted octanol–water partition coefficient (Wildman–Crippen LogP) is 3.75. The Bertz CT molecular complexity index is 793. The highest BCUT2D eigenvalue weighted by atomic mass is 35.5. The van der Waals surface area contributed by atoms with Crippen LogP contribution in [0.3, 0.4) is 0 Å². The second-order valence-electron chi connectivity index (χ2n) is 7.22. The first-order valence-corrected chi connectivity index (χ1v) is 9.95. The van der Waals surface area contributed by atoms with E-state index in [0.717, 1.165) is 43.9 Å². The third-order valence-corrected chi connectivity index (χ3v) is 5.11. The van der Waals surface area contributed by atoms with E-state index in [1.165, 1.54) is 24.3 Å². The molecule has 2 aromatic rings. The summed E-state index contributed by atoms with van der Waals surface area (Å²) in [6.45, 7) is 4.12. The maximum Gasteiger partial charge on any atom is 0.329 e. The minimum Gasteiger partial charge on any atom is -0.480 e. The highest BCUT2D eigenvalue weighted by Crippen LogP contribution is 2.30. The lowest BCUT2D eigenvalue weighted by atomic mass is 9.96. The third-order valence-electron chi connectivity index (χ3n) is 5.11. The fraction of sp³-hybridized carbons (Fsp3) is 0.348. The average Bonchev–Trinajstić information content (AvgIpc) is 2.74. The van der Waals surface area contributed by atoms with Crippen LogP contribution in [-0.2, 0) is 9.53 Å². The smallest absolute Gasteiger partial charge is 0.329 e. The molecule has 0 aliphatic carbocycles.